The van der Waals surface area contributed by atoms with Crippen molar-refractivity contribution in [3.05, 3.63) is 66.4 Å². The molecule has 11 heteroatoms. The molecule has 0 radical (unpaired) electrons. The summed E-state index contributed by atoms with van der Waals surface area (Å²) in [5, 5.41) is 7.34. The number of nitrogens with one attached hydrogen (secondary N) is 3. The largest absolute Gasteiger partial charge is 0.436 e. The summed E-state index contributed by atoms with van der Waals surface area (Å²) < 4.78 is 49.8. The summed E-state index contributed by atoms with van der Waals surface area (Å²) in [4.78, 5) is 13.4. The lowest BCUT2D eigenvalue weighted by molar-refractivity contribution is 0.459. The number of fused-ring (bicyclic) bond motifs is 1. The van der Waals surface area contributed by atoms with E-state index in [1.165, 1.54) is 6.20 Å². The highest BCUT2D eigenvalue weighted by atomic mass is 32.2. The fourth-order valence-electron chi connectivity index (χ4n) is 4.88. The van der Waals surface area contributed by atoms with Gasteiger partial charge in [0.15, 0.2) is 5.82 Å². The quantitative estimate of drug-likeness (QED) is 0.282. The number of sulfonamides is 1. The SMILES string of the molecule is Cc1c(F)c(NS(=O)(=O)C2CC2)c2ccccc2c1Oc1nccnc1-c1ccnc(N[C@H]2CCCNC2)c1. The van der Waals surface area contributed by atoms with Crippen molar-refractivity contribution in [3.63, 3.8) is 0 Å². The van der Waals surface area contributed by atoms with Gasteiger partial charge in [-0.2, -0.15) is 0 Å². The lowest BCUT2D eigenvalue weighted by Crippen LogP contribution is -2.38. The van der Waals surface area contributed by atoms with Crippen LogP contribution in [-0.4, -0.2) is 47.8 Å². The molecule has 6 rings (SSSR count). The molecule has 2 aromatic carbocycles. The van der Waals surface area contributed by atoms with Crippen LogP contribution in [0.3, 0.4) is 0 Å². The highest BCUT2D eigenvalue weighted by Gasteiger charge is 2.37. The van der Waals surface area contributed by atoms with Crippen LogP contribution >= 0.6 is 0 Å². The third kappa shape index (κ3) is 5.24. The topological polar surface area (TPSA) is 118 Å². The fraction of sp³-hybridized carbons (Fsp3) is 0.321. The van der Waals surface area contributed by atoms with Crippen molar-refractivity contribution in [2.24, 2.45) is 0 Å². The third-order valence-electron chi connectivity index (χ3n) is 7.08. The third-order valence-corrected chi connectivity index (χ3v) is 8.92. The minimum absolute atomic E-state index is 0.0660. The Morgan fingerprint density at radius 1 is 1.03 bits per heavy atom. The number of halogens is 1. The Morgan fingerprint density at radius 3 is 2.59 bits per heavy atom. The van der Waals surface area contributed by atoms with Crippen LogP contribution in [0, 0.1) is 12.7 Å². The van der Waals surface area contributed by atoms with Crippen molar-refractivity contribution in [1.29, 1.82) is 0 Å². The van der Waals surface area contributed by atoms with Gasteiger partial charge in [-0.25, -0.2) is 27.8 Å². The van der Waals surface area contributed by atoms with E-state index in [4.69, 9.17) is 4.74 Å². The number of anilines is 2. The van der Waals surface area contributed by atoms with Gasteiger partial charge in [0, 0.05) is 53.1 Å². The monoisotopic (exact) mass is 548 g/mol. The summed E-state index contributed by atoms with van der Waals surface area (Å²) in [6.45, 7) is 3.46. The van der Waals surface area contributed by atoms with Crippen LogP contribution in [0.25, 0.3) is 22.0 Å². The normalized spacial score (nSPS) is 17.6. The van der Waals surface area contributed by atoms with E-state index in [1.54, 1.807) is 43.6 Å². The molecule has 1 saturated heterocycles. The molecule has 39 heavy (non-hydrogen) atoms. The Labute approximate surface area is 226 Å². The van der Waals surface area contributed by atoms with Crippen LogP contribution in [0.5, 0.6) is 11.6 Å². The predicted octanol–water partition coefficient (Wildman–Crippen LogP) is 5.00. The van der Waals surface area contributed by atoms with Crippen molar-refractivity contribution < 1.29 is 17.5 Å². The van der Waals surface area contributed by atoms with E-state index in [0.29, 0.717) is 29.3 Å². The minimum atomic E-state index is -3.67. The zero-order valence-corrected chi connectivity index (χ0v) is 22.3. The zero-order valence-electron chi connectivity index (χ0n) is 21.4. The number of piperidine rings is 1. The van der Waals surface area contributed by atoms with Crippen molar-refractivity contribution in [3.8, 4) is 22.9 Å². The van der Waals surface area contributed by atoms with E-state index in [2.05, 4.69) is 30.3 Å². The van der Waals surface area contributed by atoms with Gasteiger partial charge in [0.25, 0.3) is 0 Å². The highest BCUT2D eigenvalue weighted by molar-refractivity contribution is 7.93. The number of benzene rings is 2. The second kappa shape index (κ2) is 10.4. The molecule has 4 aromatic rings. The van der Waals surface area contributed by atoms with E-state index in [9.17, 15) is 8.42 Å². The first-order valence-electron chi connectivity index (χ1n) is 13.1. The first-order valence-corrected chi connectivity index (χ1v) is 14.6. The first kappa shape index (κ1) is 25.4. The summed E-state index contributed by atoms with van der Waals surface area (Å²) >= 11 is 0. The molecule has 0 spiro atoms. The highest BCUT2D eigenvalue weighted by Crippen LogP contribution is 2.42. The molecule has 0 amide bonds. The zero-order chi connectivity index (χ0) is 27.0. The molecular weight excluding hydrogens is 519 g/mol. The van der Waals surface area contributed by atoms with Crippen LogP contribution in [0.2, 0.25) is 0 Å². The van der Waals surface area contributed by atoms with Crippen LogP contribution in [0.1, 0.15) is 31.2 Å². The standard InChI is InChI=1S/C28H29FN6O3S/c1-17-24(29)26(35-39(36,37)20-8-9-20)21-6-2-3-7-22(21)27(17)38-28-25(32-13-14-33-28)18-10-12-31-23(15-18)34-19-5-4-11-30-16-19/h2-3,6-7,10,12-15,19-20,30,35H,4-5,8-9,11,16H2,1H3,(H,31,34)/t19-/m0/s1. The van der Waals surface area contributed by atoms with Gasteiger partial charge in [0.05, 0.1) is 10.9 Å². The number of nitrogens with zero attached hydrogens (tertiary/aromatic N) is 3. The number of rotatable bonds is 8. The van der Waals surface area contributed by atoms with Crippen LogP contribution in [-0.2, 0) is 10.0 Å². The minimum Gasteiger partial charge on any atom is -0.436 e. The van der Waals surface area contributed by atoms with Crippen molar-refractivity contribution in [2.45, 2.75) is 43.9 Å². The Bertz CT molecular complexity index is 1640. The van der Waals surface area contributed by atoms with Crippen molar-refractivity contribution >= 4 is 32.3 Å². The predicted molar refractivity (Wildman–Crippen MR) is 149 cm³/mol. The summed E-state index contributed by atoms with van der Waals surface area (Å²) in [7, 11) is -3.67. The van der Waals surface area contributed by atoms with Gasteiger partial charge in [-0.15, -0.1) is 0 Å². The molecule has 3 heterocycles. The average Bonchev–Trinajstić information content (AvgIpc) is 3.81. The maximum absolute atomic E-state index is 15.7. The molecule has 1 atom stereocenters. The molecule has 1 aliphatic carbocycles. The fourth-order valence-corrected chi connectivity index (χ4v) is 6.28. The van der Waals surface area contributed by atoms with Gasteiger partial charge in [0.2, 0.25) is 15.9 Å². The van der Waals surface area contributed by atoms with Crippen LogP contribution in [0.15, 0.2) is 55.0 Å². The molecular formula is C28H29FN6O3S. The number of hydrogen-bond donors (Lipinski definition) is 3. The number of aromatic nitrogens is 3. The second-order valence-electron chi connectivity index (χ2n) is 9.96. The van der Waals surface area contributed by atoms with Crippen molar-refractivity contribution in [1.82, 2.24) is 20.3 Å². The van der Waals surface area contributed by atoms with Gasteiger partial charge in [-0.3, -0.25) is 4.72 Å². The lowest BCUT2D eigenvalue weighted by atomic mass is 10.0. The van der Waals surface area contributed by atoms with Crippen molar-refractivity contribution in [2.75, 3.05) is 23.1 Å². The van der Waals surface area contributed by atoms with E-state index >= 15 is 4.39 Å². The molecule has 9 nitrogen and oxygen atoms in total. The maximum atomic E-state index is 15.7. The Hall–Kier alpha value is -3.83. The average molecular weight is 549 g/mol. The lowest BCUT2D eigenvalue weighted by Gasteiger charge is -2.24. The first-order chi connectivity index (χ1) is 18.9. The molecule has 2 aromatic heterocycles. The van der Waals surface area contributed by atoms with E-state index < -0.39 is 21.1 Å². The summed E-state index contributed by atoms with van der Waals surface area (Å²) in [5.41, 5.74) is 1.33. The molecule has 3 N–H and O–H groups in total. The Morgan fingerprint density at radius 2 is 1.82 bits per heavy atom. The smallest absolute Gasteiger partial charge is 0.246 e. The van der Waals surface area contributed by atoms with E-state index in [1.807, 2.05) is 12.1 Å². The molecule has 0 bridgehead atoms. The van der Waals surface area contributed by atoms with Gasteiger partial charge >= 0.3 is 0 Å². The summed E-state index contributed by atoms with van der Waals surface area (Å²) in [6.07, 6.45) is 8.10. The van der Waals surface area contributed by atoms with E-state index in [0.717, 1.165) is 37.3 Å². The molecule has 1 aliphatic heterocycles. The maximum Gasteiger partial charge on any atom is 0.246 e. The number of pyridine rings is 1. The van der Waals surface area contributed by atoms with Crippen LogP contribution < -0.4 is 20.1 Å². The van der Waals surface area contributed by atoms with Crippen LogP contribution in [0.4, 0.5) is 15.9 Å². The summed E-state index contributed by atoms with van der Waals surface area (Å²) in [5.74, 6) is 0.487. The summed E-state index contributed by atoms with van der Waals surface area (Å²) in [6, 6.07) is 11.0. The number of hydrogen-bond acceptors (Lipinski definition) is 8. The van der Waals surface area contributed by atoms with E-state index in [-0.39, 0.29) is 28.9 Å². The second-order valence-corrected chi connectivity index (χ2v) is 11.9. The van der Waals surface area contributed by atoms with Gasteiger partial charge in [-0.1, -0.05) is 24.3 Å². The van der Waals surface area contributed by atoms with Gasteiger partial charge in [-0.05, 0) is 51.3 Å². The Kier molecular flexibility index (Phi) is 6.78. The molecule has 2 fully saturated rings. The number of ether oxygens (including phenoxy) is 1. The molecule has 202 valence electrons. The van der Waals surface area contributed by atoms with Gasteiger partial charge in [0.1, 0.15) is 17.3 Å². The molecule has 0 unspecified atom stereocenters. The van der Waals surface area contributed by atoms with Gasteiger partial charge < -0.3 is 15.4 Å². The Balaban J connectivity index is 1.37. The molecule has 1 saturated carbocycles. The molecule has 2 aliphatic rings.